The number of benzene rings is 1. The van der Waals surface area contributed by atoms with Gasteiger partial charge in [-0.3, -0.25) is 9.48 Å². The van der Waals surface area contributed by atoms with Crippen LogP contribution in [0, 0.1) is 0 Å². The first kappa shape index (κ1) is 19.4. The molecule has 1 fully saturated rings. The number of carbonyl (C=O) groups excluding carboxylic acids is 2. The van der Waals surface area contributed by atoms with E-state index in [0.717, 1.165) is 42.8 Å². The topological polar surface area (TPSA) is 64.4 Å². The lowest BCUT2D eigenvalue weighted by molar-refractivity contribution is -0.135. The summed E-state index contributed by atoms with van der Waals surface area (Å²) in [4.78, 5) is 27.8. The van der Waals surface area contributed by atoms with Gasteiger partial charge in [-0.25, -0.2) is 4.79 Å². The molecule has 0 radical (unpaired) electrons. The van der Waals surface area contributed by atoms with Gasteiger partial charge in [0, 0.05) is 19.3 Å². The van der Waals surface area contributed by atoms with Crippen molar-refractivity contribution in [2.75, 3.05) is 19.7 Å². The number of amides is 1. The Balaban J connectivity index is 1.50. The van der Waals surface area contributed by atoms with E-state index in [1.54, 1.807) is 15.8 Å². The zero-order valence-electron chi connectivity index (χ0n) is 16.1. The molecular formula is C22H23N3O3S. The number of ether oxygens (including phenoxy) is 1. The van der Waals surface area contributed by atoms with E-state index >= 15 is 0 Å². The molecule has 1 amide bonds. The van der Waals surface area contributed by atoms with Crippen LogP contribution in [0.15, 0.2) is 54.0 Å². The van der Waals surface area contributed by atoms with Gasteiger partial charge >= 0.3 is 5.97 Å². The van der Waals surface area contributed by atoms with Crippen molar-refractivity contribution in [3.05, 3.63) is 65.2 Å². The number of piperidine rings is 1. The summed E-state index contributed by atoms with van der Waals surface area (Å²) < 4.78 is 7.11. The normalized spacial score (nSPS) is 14.0. The van der Waals surface area contributed by atoms with Gasteiger partial charge in [-0.1, -0.05) is 36.4 Å². The van der Waals surface area contributed by atoms with Gasteiger partial charge in [-0.2, -0.15) is 5.10 Å². The smallest absolute Gasteiger partial charge is 0.342 e. The van der Waals surface area contributed by atoms with E-state index in [9.17, 15) is 9.59 Å². The molecule has 0 spiro atoms. The number of thiophene rings is 1. The minimum atomic E-state index is -0.516. The van der Waals surface area contributed by atoms with Crippen molar-refractivity contribution in [3.8, 4) is 10.6 Å². The van der Waals surface area contributed by atoms with Crippen molar-refractivity contribution in [2.24, 2.45) is 0 Å². The molecule has 1 aromatic carbocycles. The minimum absolute atomic E-state index is 0.132. The highest BCUT2D eigenvalue weighted by atomic mass is 32.1. The predicted octanol–water partition coefficient (Wildman–Crippen LogP) is 3.83. The molecule has 3 aromatic rings. The number of carbonyl (C=O) groups is 2. The molecule has 0 atom stereocenters. The third-order valence-corrected chi connectivity index (χ3v) is 5.84. The quantitative estimate of drug-likeness (QED) is 0.581. The molecule has 7 heteroatoms. The second-order valence-electron chi connectivity index (χ2n) is 7.07. The molecular weight excluding hydrogens is 386 g/mol. The van der Waals surface area contributed by atoms with Gasteiger partial charge in [0.1, 0.15) is 11.3 Å². The SMILES string of the molecule is O=C(OCC(=O)N1CCCCC1)c1cn(Cc2ccccc2)nc1-c1cccs1. The van der Waals surface area contributed by atoms with Crippen LogP contribution in [0.25, 0.3) is 10.6 Å². The zero-order chi connectivity index (χ0) is 20.1. The van der Waals surface area contributed by atoms with Gasteiger partial charge in [-0.15, -0.1) is 11.3 Å². The summed E-state index contributed by atoms with van der Waals surface area (Å²) in [5.41, 5.74) is 2.06. The summed E-state index contributed by atoms with van der Waals surface area (Å²) in [7, 11) is 0. The summed E-state index contributed by atoms with van der Waals surface area (Å²) in [6.45, 7) is 1.81. The third kappa shape index (κ3) is 4.74. The number of aromatic nitrogens is 2. The van der Waals surface area contributed by atoms with E-state index in [2.05, 4.69) is 5.10 Å². The first-order valence-corrected chi connectivity index (χ1v) is 10.7. The summed E-state index contributed by atoms with van der Waals surface area (Å²) in [6, 6.07) is 13.8. The van der Waals surface area contributed by atoms with Crippen molar-refractivity contribution in [1.82, 2.24) is 14.7 Å². The van der Waals surface area contributed by atoms with Gasteiger partial charge in [-0.05, 0) is 36.3 Å². The van der Waals surface area contributed by atoms with E-state index in [1.165, 1.54) is 11.3 Å². The monoisotopic (exact) mass is 409 g/mol. The second kappa shape index (κ2) is 9.05. The van der Waals surface area contributed by atoms with Gasteiger partial charge in [0.15, 0.2) is 6.61 Å². The van der Waals surface area contributed by atoms with Crippen LogP contribution in [0.5, 0.6) is 0 Å². The van der Waals surface area contributed by atoms with Crippen LogP contribution in [-0.2, 0) is 16.1 Å². The summed E-state index contributed by atoms with van der Waals surface area (Å²) in [6.07, 6.45) is 4.87. The largest absolute Gasteiger partial charge is 0.452 e. The van der Waals surface area contributed by atoms with Crippen LogP contribution in [0.3, 0.4) is 0 Å². The maximum Gasteiger partial charge on any atom is 0.342 e. The van der Waals surface area contributed by atoms with Crippen LogP contribution in [0.2, 0.25) is 0 Å². The molecule has 29 heavy (non-hydrogen) atoms. The Morgan fingerprint density at radius 3 is 2.55 bits per heavy atom. The maximum absolute atomic E-state index is 12.8. The molecule has 0 unspecified atom stereocenters. The van der Waals surface area contributed by atoms with Crippen LogP contribution in [-0.4, -0.2) is 46.3 Å². The fourth-order valence-electron chi connectivity index (χ4n) is 3.46. The Labute approximate surface area is 173 Å². The molecule has 6 nitrogen and oxygen atoms in total. The minimum Gasteiger partial charge on any atom is -0.452 e. The molecule has 150 valence electrons. The Kier molecular flexibility index (Phi) is 6.05. The number of likely N-dealkylation sites (tertiary alicyclic amines) is 1. The molecule has 1 aliphatic rings. The summed E-state index contributed by atoms with van der Waals surface area (Å²) >= 11 is 1.52. The van der Waals surface area contributed by atoms with Crippen molar-refractivity contribution in [2.45, 2.75) is 25.8 Å². The average Bonchev–Trinajstić information content (AvgIpc) is 3.43. The fraction of sp³-hybridized carbons (Fsp3) is 0.318. The Morgan fingerprint density at radius 2 is 1.83 bits per heavy atom. The van der Waals surface area contributed by atoms with Crippen molar-refractivity contribution >= 4 is 23.2 Å². The second-order valence-corrected chi connectivity index (χ2v) is 8.02. The first-order valence-electron chi connectivity index (χ1n) is 9.81. The molecule has 1 saturated heterocycles. The lowest BCUT2D eigenvalue weighted by Crippen LogP contribution is -2.38. The van der Waals surface area contributed by atoms with Crippen molar-refractivity contribution in [3.63, 3.8) is 0 Å². The average molecular weight is 410 g/mol. The molecule has 3 heterocycles. The van der Waals surface area contributed by atoms with E-state index in [4.69, 9.17) is 4.74 Å². The number of rotatable bonds is 6. The maximum atomic E-state index is 12.8. The number of esters is 1. The van der Waals surface area contributed by atoms with Gasteiger partial charge in [0.25, 0.3) is 5.91 Å². The van der Waals surface area contributed by atoms with Crippen LogP contribution in [0.1, 0.15) is 35.2 Å². The number of nitrogens with zero attached hydrogens (tertiary/aromatic N) is 3. The molecule has 0 bridgehead atoms. The third-order valence-electron chi connectivity index (χ3n) is 4.96. The number of hydrogen-bond acceptors (Lipinski definition) is 5. The van der Waals surface area contributed by atoms with Gasteiger partial charge < -0.3 is 9.64 Å². The first-order chi connectivity index (χ1) is 14.2. The highest BCUT2D eigenvalue weighted by Crippen LogP contribution is 2.27. The number of hydrogen-bond donors (Lipinski definition) is 0. The van der Waals surface area contributed by atoms with Crippen LogP contribution >= 0.6 is 11.3 Å². The highest BCUT2D eigenvalue weighted by molar-refractivity contribution is 7.13. The van der Waals surface area contributed by atoms with Gasteiger partial charge in [0.2, 0.25) is 0 Å². The fourth-order valence-corrected chi connectivity index (χ4v) is 4.18. The lowest BCUT2D eigenvalue weighted by atomic mass is 10.1. The van der Waals surface area contributed by atoms with Crippen molar-refractivity contribution in [1.29, 1.82) is 0 Å². The molecule has 0 N–H and O–H groups in total. The van der Waals surface area contributed by atoms with Gasteiger partial charge in [0.05, 0.1) is 11.4 Å². The standard InChI is InChI=1S/C22H23N3O3S/c26-20(24-11-5-2-6-12-24)16-28-22(27)18-15-25(14-17-8-3-1-4-9-17)23-21(18)19-10-7-13-29-19/h1,3-4,7-10,13,15H,2,5-6,11-12,14,16H2. The van der Waals surface area contributed by atoms with E-state index in [-0.39, 0.29) is 12.5 Å². The van der Waals surface area contributed by atoms with Crippen molar-refractivity contribution < 1.29 is 14.3 Å². The van der Waals surface area contributed by atoms with Crippen LogP contribution < -0.4 is 0 Å². The molecule has 4 rings (SSSR count). The van der Waals surface area contributed by atoms with E-state index in [1.807, 2.05) is 47.8 Å². The van der Waals surface area contributed by atoms with E-state index < -0.39 is 5.97 Å². The lowest BCUT2D eigenvalue weighted by Gasteiger charge is -2.26. The Morgan fingerprint density at radius 1 is 1.03 bits per heavy atom. The van der Waals surface area contributed by atoms with Crippen LogP contribution in [0.4, 0.5) is 0 Å². The Hall–Kier alpha value is -2.93. The molecule has 0 aliphatic carbocycles. The summed E-state index contributed by atoms with van der Waals surface area (Å²) in [5.74, 6) is -0.648. The molecule has 0 saturated carbocycles. The predicted molar refractivity (Wildman–Crippen MR) is 112 cm³/mol. The molecule has 1 aliphatic heterocycles. The van der Waals surface area contributed by atoms with E-state index in [0.29, 0.717) is 17.8 Å². The summed E-state index contributed by atoms with van der Waals surface area (Å²) in [5, 5.41) is 6.56. The highest BCUT2D eigenvalue weighted by Gasteiger charge is 2.23. The molecule has 2 aromatic heterocycles. The zero-order valence-corrected chi connectivity index (χ0v) is 16.9. The Bertz CT molecular complexity index is 961.